The van der Waals surface area contributed by atoms with Gasteiger partial charge in [0.05, 0.1) is 0 Å². The van der Waals surface area contributed by atoms with E-state index in [4.69, 9.17) is 21.8 Å². The van der Waals surface area contributed by atoms with Gasteiger partial charge in [-0.2, -0.15) is 0 Å². The number of aromatic nitrogens is 1. The molecule has 0 saturated carbocycles. The molecule has 0 atom stereocenters. The van der Waals surface area contributed by atoms with Crippen LogP contribution < -0.4 is 0 Å². The van der Waals surface area contributed by atoms with Crippen molar-refractivity contribution in [2.45, 2.75) is 0 Å². The first-order chi connectivity index (χ1) is 4.61. The zero-order valence-electron chi connectivity index (χ0n) is 4.76. The van der Waals surface area contributed by atoms with Crippen molar-refractivity contribution in [2.24, 2.45) is 0 Å². The summed E-state index contributed by atoms with van der Waals surface area (Å²) in [7, 11) is 0. The first-order valence-electron chi connectivity index (χ1n) is 2.42. The maximum absolute atomic E-state index is 10.2. The summed E-state index contributed by atoms with van der Waals surface area (Å²) in [5, 5.41) is 17.1. The third kappa shape index (κ3) is 1.06. The lowest BCUT2D eigenvalue weighted by Gasteiger charge is -1.82. The highest BCUT2D eigenvalue weighted by Crippen LogP contribution is 2.22. The van der Waals surface area contributed by atoms with Crippen LogP contribution in [0.15, 0.2) is 6.07 Å². The average Bonchev–Trinajstić information content (AvgIpc) is 2.13. The number of aromatic amines is 1. The van der Waals surface area contributed by atoms with Crippen molar-refractivity contribution in [2.75, 3.05) is 0 Å². The van der Waals surface area contributed by atoms with Crippen LogP contribution in [0, 0.1) is 0 Å². The molecule has 3 N–H and O–H groups in total. The van der Waals surface area contributed by atoms with Crippen molar-refractivity contribution in [3.8, 4) is 5.88 Å². The van der Waals surface area contributed by atoms with E-state index in [2.05, 4.69) is 4.98 Å². The monoisotopic (exact) mass is 161 g/mol. The summed E-state index contributed by atoms with van der Waals surface area (Å²) in [6, 6.07) is 1.14. The minimum absolute atomic E-state index is 0.0115. The summed E-state index contributed by atoms with van der Waals surface area (Å²) in [6.45, 7) is 0. The van der Waals surface area contributed by atoms with E-state index in [1.54, 1.807) is 0 Å². The molecule has 0 bridgehead atoms. The summed E-state index contributed by atoms with van der Waals surface area (Å²) >= 11 is 5.33. The fourth-order valence-corrected chi connectivity index (χ4v) is 0.690. The molecule has 0 fully saturated rings. The third-order valence-corrected chi connectivity index (χ3v) is 1.27. The number of hydrogen-bond donors (Lipinski definition) is 3. The normalized spacial score (nSPS) is 9.70. The predicted octanol–water partition coefficient (Wildman–Crippen LogP) is 1.07. The predicted molar refractivity (Wildman–Crippen MR) is 34.4 cm³/mol. The molecular weight excluding hydrogens is 158 g/mol. The van der Waals surface area contributed by atoms with Crippen LogP contribution in [0.3, 0.4) is 0 Å². The van der Waals surface area contributed by atoms with Gasteiger partial charge in [0.2, 0.25) is 5.88 Å². The molecule has 54 valence electrons. The van der Waals surface area contributed by atoms with Crippen molar-refractivity contribution >= 4 is 17.6 Å². The lowest BCUT2D eigenvalue weighted by atomic mass is 10.4. The van der Waals surface area contributed by atoms with Gasteiger partial charge in [-0.05, 0) is 6.07 Å². The van der Waals surface area contributed by atoms with Gasteiger partial charge < -0.3 is 15.2 Å². The maximum atomic E-state index is 10.2. The van der Waals surface area contributed by atoms with E-state index in [-0.39, 0.29) is 16.6 Å². The van der Waals surface area contributed by atoms with Crippen LogP contribution in [0.4, 0.5) is 0 Å². The lowest BCUT2D eigenvalue weighted by molar-refractivity contribution is 0.0690. The highest BCUT2D eigenvalue weighted by Gasteiger charge is 2.09. The van der Waals surface area contributed by atoms with Gasteiger partial charge in [-0.1, -0.05) is 11.6 Å². The Kier molecular flexibility index (Phi) is 1.55. The van der Waals surface area contributed by atoms with Crippen LogP contribution in [0.5, 0.6) is 5.88 Å². The van der Waals surface area contributed by atoms with Crippen molar-refractivity contribution in [1.29, 1.82) is 0 Å². The first-order valence-corrected chi connectivity index (χ1v) is 2.80. The number of carbonyl (C=O) groups is 1. The molecule has 0 aliphatic rings. The minimum Gasteiger partial charge on any atom is -0.494 e. The van der Waals surface area contributed by atoms with E-state index in [0.29, 0.717) is 0 Å². The van der Waals surface area contributed by atoms with E-state index in [9.17, 15) is 4.79 Å². The van der Waals surface area contributed by atoms with E-state index in [1.807, 2.05) is 0 Å². The van der Waals surface area contributed by atoms with Crippen LogP contribution in [0.1, 0.15) is 10.5 Å². The molecule has 5 heteroatoms. The fourth-order valence-electron chi connectivity index (χ4n) is 0.534. The second kappa shape index (κ2) is 2.22. The van der Waals surface area contributed by atoms with Gasteiger partial charge >= 0.3 is 5.97 Å². The van der Waals surface area contributed by atoms with Crippen molar-refractivity contribution < 1.29 is 15.0 Å². The third-order valence-electron chi connectivity index (χ3n) is 0.981. The Morgan fingerprint density at radius 1 is 1.70 bits per heavy atom. The number of aromatic hydroxyl groups is 1. The van der Waals surface area contributed by atoms with Gasteiger partial charge in [-0.15, -0.1) is 0 Å². The first kappa shape index (κ1) is 6.95. The van der Waals surface area contributed by atoms with Crippen molar-refractivity contribution in [3.63, 3.8) is 0 Å². The summed E-state index contributed by atoms with van der Waals surface area (Å²) in [5.74, 6) is -1.47. The van der Waals surface area contributed by atoms with Crippen molar-refractivity contribution in [1.82, 2.24) is 4.98 Å². The second-order valence-electron chi connectivity index (χ2n) is 1.68. The number of nitrogens with one attached hydrogen (secondary N) is 1. The van der Waals surface area contributed by atoms with Crippen LogP contribution in [-0.4, -0.2) is 21.2 Å². The number of aromatic carboxylic acids is 1. The Morgan fingerprint density at radius 2 is 2.30 bits per heavy atom. The standard InChI is InChI=1S/C5H4ClNO3/c6-2-1-3(5(9)10)7-4(2)8/h1,7-8H,(H,9,10). The number of hydrogen-bond acceptors (Lipinski definition) is 2. The topological polar surface area (TPSA) is 73.3 Å². The molecule has 0 radical (unpaired) electrons. The molecule has 10 heavy (non-hydrogen) atoms. The molecule has 0 spiro atoms. The summed E-state index contributed by atoms with van der Waals surface area (Å²) < 4.78 is 0. The number of halogens is 1. The summed E-state index contributed by atoms with van der Waals surface area (Å²) in [5.41, 5.74) is -0.123. The Balaban J connectivity index is 3.10. The van der Waals surface area contributed by atoms with Gasteiger partial charge in [0.15, 0.2) is 0 Å². The van der Waals surface area contributed by atoms with Gasteiger partial charge in [0.25, 0.3) is 0 Å². The zero-order chi connectivity index (χ0) is 7.72. The number of rotatable bonds is 1. The van der Waals surface area contributed by atoms with E-state index >= 15 is 0 Å². The molecule has 0 saturated heterocycles. The van der Waals surface area contributed by atoms with Crippen LogP contribution in [0.25, 0.3) is 0 Å². The van der Waals surface area contributed by atoms with Crippen molar-refractivity contribution in [3.05, 3.63) is 16.8 Å². The summed E-state index contributed by atoms with van der Waals surface area (Å²) in [6.07, 6.45) is 0. The molecule has 0 unspecified atom stereocenters. The fraction of sp³-hybridized carbons (Fsp3) is 0. The molecule has 4 nitrogen and oxygen atoms in total. The molecule has 1 rings (SSSR count). The molecule has 1 aromatic heterocycles. The molecule has 0 aliphatic heterocycles. The van der Waals surface area contributed by atoms with Gasteiger partial charge in [-0.3, -0.25) is 0 Å². The Bertz CT molecular complexity index is 248. The largest absolute Gasteiger partial charge is 0.494 e. The zero-order valence-corrected chi connectivity index (χ0v) is 5.51. The Morgan fingerprint density at radius 3 is 2.50 bits per heavy atom. The second-order valence-corrected chi connectivity index (χ2v) is 2.09. The summed E-state index contributed by atoms with van der Waals surface area (Å²) in [4.78, 5) is 12.3. The highest BCUT2D eigenvalue weighted by atomic mass is 35.5. The number of carboxylic acid groups (broad SMARTS) is 1. The highest BCUT2D eigenvalue weighted by molar-refractivity contribution is 6.32. The van der Waals surface area contributed by atoms with Crippen LogP contribution in [0.2, 0.25) is 5.02 Å². The van der Waals surface area contributed by atoms with Crippen LogP contribution in [-0.2, 0) is 0 Å². The lowest BCUT2D eigenvalue weighted by Crippen LogP contribution is -1.94. The Hall–Kier alpha value is -1.16. The van der Waals surface area contributed by atoms with Gasteiger partial charge in [-0.25, -0.2) is 4.79 Å². The molecule has 1 heterocycles. The Labute approximate surface area is 61.1 Å². The van der Waals surface area contributed by atoms with E-state index in [1.165, 1.54) is 0 Å². The quantitative estimate of drug-likeness (QED) is 0.577. The SMILES string of the molecule is O=C(O)c1cc(Cl)c(O)[nH]1. The van der Waals surface area contributed by atoms with Gasteiger partial charge in [0, 0.05) is 0 Å². The molecule has 0 aliphatic carbocycles. The minimum atomic E-state index is -1.15. The van der Waals surface area contributed by atoms with E-state index in [0.717, 1.165) is 6.07 Å². The number of carboxylic acids is 1. The maximum Gasteiger partial charge on any atom is 0.352 e. The molecule has 0 amide bonds. The van der Waals surface area contributed by atoms with E-state index < -0.39 is 5.97 Å². The molecule has 0 aromatic carbocycles. The van der Waals surface area contributed by atoms with Gasteiger partial charge in [0.1, 0.15) is 10.7 Å². The smallest absolute Gasteiger partial charge is 0.352 e. The molecule has 1 aromatic rings. The van der Waals surface area contributed by atoms with Crippen LogP contribution >= 0.6 is 11.6 Å². The number of H-pyrrole nitrogens is 1. The molecular formula is C5H4ClNO3. The average molecular weight is 162 g/mol.